The molecule has 6 heteroatoms. The summed E-state index contributed by atoms with van der Waals surface area (Å²) in [5.41, 5.74) is 4.33. The maximum atomic E-state index is 12.5. The molecule has 0 saturated carbocycles. The number of hydrogen-bond acceptors (Lipinski definition) is 5. The van der Waals surface area contributed by atoms with Crippen LogP contribution in [0.5, 0.6) is 0 Å². The molecular weight excluding hydrogens is 352 g/mol. The summed E-state index contributed by atoms with van der Waals surface area (Å²) in [7, 11) is 0. The van der Waals surface area contributed by atoms with Crippen LogP contribution in [0.3, 0.4) is 0 Å². The molecular formula is C22H22N4O2. The fraction of sp³-hybridized carbons (Fsp3) is 0.227. The lowest BCUT2D eigenvalue weighted by molar-refractivity contribution is 0.102. The summed E-state index contributed by atoms with van der Waals surface area (Å²) in [5, 5.41) is 2.91. The lowest BCUT2D eigenvalue weighted by Gasteiger charge is -2.27. The average molecular weight is 374 g/mol. The van der Waals surface area contributed by atoms with Gasteiger partial charge in [0, 0.05) is 36.0 Å². The molecule has 1 saturated heterocycles. The SMILES string of the molecule is Cc1ccc(NC(=O)c2ccc(-c3cc(N4CCOCC4)ncn3)cc2)cc1. The van der Waals surface area contributed by atoms with Crippen LogP contribution in [0.15, 0.2) is 60.9 Å². The number of morpholine rings is 1. The lowest BCUT2D eigenvalue weighted by atomic mass is 10.1. The number of aryl methyl sites for hydroxylation is 1. The van der Waals surface area contributed by atoms with Gasteiger partial charge < -0.3 is 15.0 Å². The van der Waals surface area contributed by atoms with Crippen molar-refractivity contribution in [3.8, 4) is 11.3 Å². The van der Waals surface area contributed by atoms with Gasteiger partial charge in [0.2, 0.25) is 0 Å². The molecule has 0 aliphatic carbocycles. The van der Waals surface area contributed by atoms with E-state index in [4.69, 9.17) is 4.74 Å². The van der Waals surface area contributed by atoms with E-state index >= 15 is 0 Å². The van der Waals surface area contributed by atoms with Crippen molar-refractivity contribution in [1.82, 2.24) is 9.97 Å². The van der Waals surface area contributed by atoms with Gasteiger partial charge in [-0.1, -0.05) is 29.8 Å². The molecule has 0 atom stereocenters. The summed E-state index contributed by atoms with van der Waals surface area (Å²) in [4.78, 5) is 23.4. The summed E-state index contributed by atoms with van der Waals surface area (Å²) in [6.07, 6.45) is 1.58. The van der Waals surface area contributed by atoms with E-state index in [0.29, 0.717) is 18.8 Å². The van der Waals surface area contributed by atoms with Crippen molar-refractivity contribution in [2.75, 3.05) is 36.5 Å². The highest BCUT2D eigenvalue weighted by Crippen LogP contribution is 2.22. The van der Waals surface area contributed by atoms with Crippen molar-refractivity contribution in [2.45, 2.75) is 6.92 Å². The zero-order valence-electron chi connectivity index (χ0n) is 15.8. The van der Waals surface area contributed by atoms with Gasteiger partial charge in [-0.25, -0.2) is 9.97 Å². The maximum absolute atomic E-state index is 12.5. The van der Waals surface area contributed by atoms with Gasteiger partial charge in [-0.2, -0.15) is 0 Å². The van der Waals surface area contributed by atoms with E-state index in [1.165, 1.54) is 0 Å². The zero-order valence-corrected chi connectivity index (χ0v) is 15.8. The number of nitrogens with one attached hydrogen (secondary N) is 1. The van der Waals surface area contributed by atoms with Crippen molar-refractivity contribution in [2.24, 2.45) is 0 Å². The first kappa shape index (κ1) is 18.1. The number of carbonyl (C=O) groups is 1. The summed E-state index contributed by atoms with van der Waals surface area (Å²) >= 11 is 0. The highest BCUT2D eigenvalue weighted by atomic mass is 16.5. The van der Waals surface area contributed by atoms with Crippen LogP contribution in [0.2, 0.25) is 0 Å². The molecule has 3 aromatic rings. The minimum atomic E-state index is -0.132. The third-order valence-corrected chi connectivity index (χ3v) is 4.74. The number of benzene rings is 2. The van der Waals surface area contributed by atoms with Crippen LogP contribution in [0.25, 0.3) is 11.3 Å². The van der Waals surface area contributed by atoms with Crippen LogP contribution in [-0.2, 0) is 4.74 Å². The van der Waals surface area contributed by atoms with Crippen LogP contribution in [0, 0.1) is 6.92 Å². The number of ether oxygens (including phenoxy) is 1. The molecule has 0 bridgehead atoms. The van der Waals surface area contributed by atoms with E-state index in [1.807, 2.05) is 61.5 Å². The molecule has 6 nitrogen and oxygen atoms in total. The highest BCUT2D eigenvalue weighted by Gasteiger charge is 2.14. The third kappa shape index (κ3) is 4.18. The number of carbonyl (C=O) groups excluding carboxylic acids is 1. The Hall–Kier alpha value is -3.25. The smallest absolute Gasteiger partial charge is 0.255 e. The third-order valence-electron chi connectivity index (χ3n) is 4.74. The summed E-state index contributed by atoms with van der Waals surface area (Å²) in [6, 6.07) is 17.2. The molecule has 1 aliphatic rings. The normalized spacial score (nSPS) is 14.0. The molecule has 142 valence electrons. The molecule has 28 heavy (non-hydrogen) atoms. The van der Waals surface area contributed by atoms with Gasteiger partial charge in [-0.3, -0.25) is 4.79 Å². The molecule has 2 aromatic carbocycles. The first-order valence-corrected chi connectivity index (χ1v) is 9.32. The quantitative estimate of drug-likeness (QED) is 0.757. The first-order chi connectivity index (χ1) is 13.7. The highest BCUT2D eigenvalue weighted by molar-refractivity contribution is 6.04. The van der Waals surface area contributed by atoms with Gasteiger partial charge in [0.25, 0.3) is 5.91 Å². The number of hydrogen-bond donors (Lipinski definition) is 1. The van der Waals surface area contributed by atoms with Crippen molar-refractivity contribution in [3.05, 3.63) is 72.1 Å². The minimum Gasteiger partial charge on any atom is -0.378 e. The van der Waals surface area contributed by atoms with Gasteiger partial charge in [0.15, 0.2) is 0 Å². The van der Waals surface area contributed by atoms with Crippen molar-refractivity contribution in [3.63, 3.8) is 0 Å². The molecule has 2 heterocycles. The van der Waals surface area contributed by atoms with Crippen LogP contribution < -0.4 is 10.2 Å². The van der Waals surface area contributed by atoms with E-state index in [1.54, 1.807) is 6.33 Å². The standard InChI is InChI=1S/C22H22N4O2/c1-16-2-8-19(9-3-16)25-22(27)18-6-4-17(5-7-18)20-14-21(24-15-23-20)26-10-12-28-13-11-26/h2-9,14-15H,10-13H2,1H3,(H,25,27). The molecule has 1 N–H and O–H groups in total. The second-order valence-electron chi connectivity index (χ2n) is 6.76. The number of aromatic nitrogens is 2. The molecule has 4 rings (SSSR count). The Bertz CT molecular complexity index is 949. The van der Waals surface area contributed by atoms with E-state index in [0.717, 1.165) is 41.4 Å². The van der Waals surface area contributed by atoms with Gasteiger partial charge in [0.05, 0.1) is 18.9 Å². The van der Waals surface area contributed by atoms with Gasteiger partial charge in [-0.15, -0.1) is 0 Å². The van der Waals surface area contributed by atoms with Crippen molar-refractivity contribution in [1.29, 1.82) is 0 Å². The summed E-state index contributed by atoms with van der Waals surface area (Å²) < 4.78 is 5.40. The average Bonchev–Trinajstić information content (AvgIpc) is 2.76. The van der Waals surface area contributed by atoms with Gasteiger partial charge >= 0.3 is 0 Å². The Morgan fingerprint density at radius 2 is 1.71 bits per heavy atom. The number of nitrogens with zero attached hydrogens (tertiary/aromatic N) is 3. The second-order valence-corrected chi connectivity index (χ2v) is 6.76. The Balaban J connectivity index is 1.48. The van der Waals surface area contributed by atoms with Crippen LogP contribution in [0.4, 0.5) is 11.5 Å². The molecule has 1 aliphatic heterocycles. The molecule has 1 aromatic heterocycles. The zero-order chi connectivity index (χ0) is 19.3. The van der Waals surface area contributed by atoms with Crippen LogP contribution >= 0.6 is 0 Å². The molecule has 1 amide bonds. The summed E-state index contributed by atoms with van der Waals surface area (Å²) in [5.74, 6) is 0.765. The fourth-order valence-corrected chi connectivity index (χ4v) is 3.10. The lowest BCUT2D eigenvalue weighted by Crippen LogP contribution is -2.36. The number of anilines is 2. The molecule has 0 unspecified atom stereocenters. The number of rotatable bonds is 4. The first-order valence-electron chi connectivity index (χ1n) is 9.32. The largest absolute Gasteiger partial charge is 0.378 e. The van der Waals surface area contributed by atoms with Crippen molar-refractivity contribution >= 4 is 17.4 Å². The predicted molar refractivity (Wildman–Crippen MR) is 110 cm³/mol. The summed E-state index contributed by atoms with van der Waals surface area (Å²) in [6.45, 7) is 5.10. The molecule has 0 spiro atoms. The Morgan fingerprint density at radius 3 is 2.43 bits per heavy atom. The topological polar surface area (TPSA) is 67.4 Å². The maximum Gasteiger partial charge on any atom is 0.255 e. The van der Waals surface area contributed by atoms with E-state index in [2.05, 4.69) is 20.2 Å². The van der Waals surface area contributed by atoms with E-state index in [-0.39, 0.29) is 5.91 Å². The Morgan fingerprint density at radius 1 is 1.00 bits per heavy atom. The van der Waals surface area contributed by atoms with E-state index in [9.17, 15) is 4.79 Å². The van der Waals surface area contributed by atoms with Crippen molar-refractivity contribution < 1.29 is 9.53 Å². The Labute approximate surface area is 164 Å². The van der Waals surface area contributed by atoms with E-state index < -0.39 is 0 Å². The van der Waals surface area contributed by atoms with Gasteiger partial charge in [-0.05, 0) is 31.2 Å². The monoisotopic (exact) mass is 374 g/mol. The fourth-order valence-electron chi connectivity index (χ4n) is 3.10. The van der Waals surface area contributed by atoms with Gasteiger partial charge in [0.1, 0.15) is 12.1 Å². The Kier molecular flexibility index (Phi) is 5.30. The number of amides is 1. The van der Waals surface area contributed by atoms with Crippen LogP contribution in [-0.4, -0.2) is 42.2 Å². The minimum absolute atomic E-state index is 0.132. The molecule has 1 fully saturated rings. The second kappa shape index (κ2) is 8.19. The van der Waals surface area contributed by atoms with Crippen LogP contribution in [0.1, 0.15) is 15.9 Å². The molecule has 0 radical (unpaired) electrons. The predicted octanol–water partition coefficient (Wildman–Crippen LogP) is 3.54.